The summed E-state index contributed by atoms with van der Waals surface area (Å²) >= 11 is 5.99. The van der Waals surface area contributed by atoms with Gasteiger partial charge in [-0.05, 0) is 24.3 Å². The van der Waals surface area contributed by atoms with Gasteiger partial charge in [-0.1, -0.05) is 11.6 Å². The number of anilines is 2. The van der Waals surface area contributed by atoms with E-state index in [1.807, 2.05) is 0 Å². The Balaban J connectivity index is 2.16. The SMILES string of the molecule is COc1ccc(Nc2ccc([N+](=O)[O-])cn2)cc1Cl. The summed E-state index contributed by atoms with van der Waals surface area (Å²) < 4.78 is 5.04. The molecule has 1 heterocycles. The van der Waals surface area contributed by atoms with Gasteiger partial charge in [-0.25, -0.2) is 4.98 Å². The monoisotopic (exact) mass is 279 g/mol. The highest BCUT2D eigenvalue weighted by molar-refractivity contribution is 6.32. The minimum atomic E-state index is -0.499. The van der Waals surface area contributed by atoms with Gasteiger partial charge in [0, 0.05) is 11.8 Å². The van der Waals surface area contributed by atoms with E-state index in [-0.39, 0.29) is 5.69 Å². The molecule has 0 bridgehead atoms. The summed E-state index contributed by atoms with van der Waals surface area (Å²) in [5, 5.41) is 14.0. The van der Waals surface area contributed by atoms with Crippen molar-refractivity contribution in [2.45, 2.75) is 0 Å². The molecule has 2 aromatic rings. The fourth-order valence-corrected chi connectivity index (χ4v) is 1.72. The van der Waals surface area contributed by atoms with Gasteiger partial charge in [0.2, 0.25) is 0 Å². The van der Waals surface area contributed by atoms with Gasteiger partial charge in [0.05, 0.1) is 17.1 Å². The van der Waals surface area contributed by atoms with Crippen LogP contribution in [0.5, 0.6) is 5.75 Å². The summed E-state index contributed by atoms with van der Waals surface area (Å²) in [4.78, 5) is 13.9. The van der Waals surface area contributed by atoms with Gasteiger partial charge in [-0.15, -0.1) is 0 Å². The fraction of sp³-hybridized carbons (Fsp3) is 0.0833. The van der Waals surface area contributed by atoms with Crippen molar-refractivity contribution in [2.75, 3.05) is 12.4 Å². The summed E-state index contributed by atoms with van der Waals surface area (Å²) in [6.07, 6.45) is 1.19. The Morgan fingerprint density at radius 1 is 1.37 bits per heavy atom. The van der Waals surface area contributed by atoms with Crippen molar-refractivity contribution < 1.29 is 9.66 Å². The molecule has 0 aliphatic heterocycles. The van der Waals surface area contributed by atoms with Gasteiger partial charge < -0.3 is 10.1 Å². The average Bonchev–Trinajstić information content (AvgIpc) is 2.39. The van der Waals surface area contributed by atoms with Crippen LogP contribution in [0.3, 0.4) is 0 Å². The number of hydrogen-bond donors (Lipinski definition) is 1. The van der Waals surface area contributed by atoms with E-state index in [0.29, 0.717) is 22.3 Å². The molecule has 0 aliphatic carbocycles. The summed E-state index contributed by atoms with van der Waals surface area (Å²) in [6, 6.07) is 8.07. The van der Waals surface area contributed by atoms with E-state index < -0.39 is 4.92 Å². The Hall–Kier alpha value is -2.34. The third-order valence-electron chi connectivity index (χ3n) is 2.38. The van der Waals surface area contributed by atoms with E-state index in [4.69, 9.17) is 16.3 Å². The number of nitrogens with one attached hydrogen (secondary N) is 1. The second-order valence-corrected chi connectivity index (χ2v) is 4.04. The first-order valence-electron chi connectivity index (χ1n) is 5.31. The van der Waals surface area contributed by atoms with Crippen LogP contribution in [0, 0.1) is 10.1 Å². The van der Waals surface area contributed by atoms with E-state index in [0.717, 1.165) is 0 Å². The van der Waals surface area contributed by atoms with E-state index in [1.54, 1.807) is 18.2 Å². The highest BCUT2D eigenvalue weighted by Crippen LogP contribution is 2.28. The molecule has 1 N–H and O–H groups in total. The lowest BCUT2D eigenvalue weighted by Gasteiger charge is -2.08. The molecule has 1 aromatic carbocycles. The van der Waals surface area contributed by atoms with Crippen LogP contribution in [0.4, 0.5) is 17.2 Å². The van der Waals surface area contributed by atoms with Crippen LogP contribution in [-0.2, 0) is 0 Å². The van der Waals surface area contributed by atoms with Crippen molar-refractivity contribution in [1.82, 2.24) is 4.98 Å². The number of ether oxygens (including phenoxy) is 1. The molecule has 0 radical (unpaired) electrons. The molecular weight excluding hydrogens is 270 g/mol. The van der Waals surface area contributed by atoms with Crippen LogP contribution in [0.1, 0.15) is 0 Å². The zero-order valence-electron chi connectivity index (χ0n) is 9.96. The number of rotatable bonds is 4. The van der Waals surface area contributed by atoms with Gasteiger partial charge in [-0.2, -0.15) is 0 Å². The van der Waals surface area contributed by atoms with Gasteiger partial charge in [0.15, 0.2) is 0 Å². The van der Waals surface area contributed by atoms with Crippen molar-refractivity contribution in [3.05, 3.63) is 51.7 Å². The largest absolute Gasteiger partial charge is 0.495 e. The lowest BCUT2D eigenvalue weighted by Crippen LogP contribution is -1.95. The number of hydrogen-bond acceptors (Lipinski definition) is 5. The Kier molecular flexibility index (Phi) is 3.82. The smallest absolute Gasteiger partial charge is 0.287 e. The fourth-order valence-electron chi connectivity index (χ4n) is 1.46. The van der Waals surface area contributed by atoms with Gasteiger partial charge in [0.25, 0.3) is 5.69 Å². The van der Waals surface area contributed by atoms with Crippen molar-refractivity contribution >= 4 is 28.8 Å². The predicted octanol–water partition coefficient (Wildman–Crippen LogP) is 3.40. The lowest BCUT2D eigenvalue weighted by atomic mass is 10.3. The summed E-state index contributed by atoms with van der Waals surface area (Å²) in [5.41, 5.74) is 0.658. The topological polar surface area (TPSA) is 77.3 Å². The number of benzene rings is 1. The molecule has 0 amide bonds. The van der Waals surface area contributed by atoms with E-state index in [2.05, 4.69) is 10.3 Å². The van der Waals surface area contributed by atoms with E-state index >= 15 is 0 Å². The van der Waals surface area contributed by atoms with Gasteiger partial charge in [-0.3, -0.25) is 10.1 Å². The number of pyridine rings is 1. The predicted molar refractivity (Wildman–Crippen MR) is 72.2 cm³/mol. The first-order valence-corrected chi connectivity index (χ1v) is 5.69. The molecule has 0 atom stereocenters. The third kappa shape index (κ3) is 3.11. The summed E-state index contributed by atoms with van der Waals surface area (Å²) in [5.74, 6) is 1.07. The molecule has 1 aromatic heterocycles. The summed E-state index contributed by atoms with van der Waals surface area (Å²) in [6.45, 7) is 0. The molecule has 2 rings (SSSR count). The van der Waals surface area contributed by atoms with Gasteiger partial charge in [0.1, 0.15) is 17.8 Å². The molecular formula is C12H10ClN3O3. The quantitative estimate of drug-likeness (QED) is 0.685. The summed E-state index contributed by atoms with van der Waals surface area (Å²) in [7, 11) is 1.53. The minimum absolute atomic E-state index is 0.0571. The van der Waals surface area contributed by atoms with E-state index in [1.165, 1.54) is 25.4 Å². The van der Waals surface area contributed by atoms with Crippen LogP contribution in [0.2, 0.25) is 5.02 Å². The Morgan fingerprint density at radius 2 is 2.16 bits per heavy atom. The maximum Gasteiger partial charge on any atom is 0.287 e. The Labute approximate surface area is 114 Å². The molecule has 0 aliphatic rings. The maximum atomic E-state index is 10.5. The van der Waals surface area contributed by atoms with E-state index in [9.17, 15) is 10.1 Å². The number of methoxy groups -OCH3 is 1. The molecule has 7 heteroatoms. The first kappa shape index (κ1) is 13.1. The third-order valence-corrected chi connectivity index (χ3v) is 2.68. The van der Waals surface area contributed by atoms with Crippen LogP contribution in [0.25, 0.3) is 0 Å². The van der Waals surface area contributed by atoms with Crippen LogP contribution < -0.4 is 10.1 Å². The molecule has 0 unspecified atom stereocenters. The molecule has 0 fully saturated rings. The Bertz CT molecular complexity index is 602. The highest BCUT2D eigenvalue weighted by atomic mass is 35.5. The zero-order valence-corrected chi connectivity index (χ0v) is 10.7. The van der Waals surface area contributed by atoms with Crippen LogP contribution >= 0.6 is 11.6 Å². The number of aromatic nitrogens is 1. The second-order valence-electron chi connectivity index (χ2n) is 3.63. The zero-order chi connectivity index (χ0) is 13.8. The van der Waals surface area contributed by atoms with Crippen molar-refractivity contribution in [3.8, 4) is 5.75 Å². The van der Waals surface area contributed by atoms with Crippen LogP contribution in [0.15, 0.2) is 36.5 Å². The maximum absolute atomic E-state index is 10.5. The Morgan fingerprint density at radius 3 is 2.68 bits per heavy atom. The molecule has 6 nitrogen and oxygen atoms in total. The molecule has 0 saturated carbocycles. The highest BCUT2D eigenvalue weighted by Gasteiger charge is 2.06. The van der Waals surface area contributed by atoms with Gasteiger partial charge >= 0.3 is 0 Å². The molecule has 19 heavy (non-hydrogen) atoms. The van der Waals surface area contributed by atoms with Crippen molar-refractivity contribution in [2.24, 2.45) is 0 Å². The number of nitro groups is 1. The minimum Gasteiger partial charge on any atom is -0.495 e. The standard InChI is InChI=1S/C12H10ClN3O3/c1-19-11-4-2-8(6-10(11)13)15-12-5-3-9(7-14-12)16(17)18/h2-7H,1H3,(H,14,15). The van der Waals surface area contributed by atoms with Crippen molar-refractivity contribution in [1.29, 1.82) is 0 Å². The average molecular weight is 280 g/mol. The molecule has 98 valence electrons. The number of halogens is 1. The normalized spacial score (nSPS) is 10.0. The lowest BCUT2D eigenvalue weighted by molar-refractivity contribution is -0.385. The van der Waals surface area contributed by atoms with Crippen molar-refractivity contribution in [3.63, 3.8) is 0 Å². The number of nitrogens with zero attached hydrogens (tertiary/aromatic N) is 2. The van der Waals surface area contributed by atoms with Crippen LogP contribution in [-0.4, -0.2) is 17.0 Å². The molecule has 0 spiro atoms. The second kappa shape index (κ2) is 5.53. The first-order chi connectivity index (χ1) is 9.10. The molecule has 0 saturated heterocycles.